The largest absolute Gasteiger partial charge is 0.493 e. The third-order valence-corrected chi connectivity index (χ3v) is 4.54. The zero-order valence-corrected chi connectivity index (χ0v) is 18.4. The summed E-state index contributed by atoms with van der Waals surface area (Å²) in [6, 6.07) is 8.96. The number of esters is 1. The van der Waals surface area contributed by atoms with Gasteiger partial charge >= 0.3 is 12.6 Å². The molecule has 0 fully saturated rings. The highest BCUT2D eigenvalue weighted by molar-refractivity contribution is 5.96. The van der Waals surface area contributed by atoms with Gasteiger partial charge in [-0.15, -0.1) is 0 Å². The number of anilines is 1. The van der Waals surface area contributed by atoms with Crippen LogP contribution in [0.4, 0.5) is 20.2 Å². The first-order valence-electron chi connectivity index (χ1n) is 9.52. The highest BCUT2D eigenvalue weighted by Gasteiger charge is 2.27. The number of ether oxygens (including phenoxy) is 3. The van der Waals surface area contributed by atoms with E-state index >= 15 is 0 Å². The molecule has 0 aliphatic heterocycles. The summed E-state index contributed by atoms with van der Waals surface area (Å²) in [5.41, 5.74) is 0.424. The molecule has 0 aliphatic rings. The van der Waals surface area contributed by atoms with Crippen LogP contribution in [0.1, 0.15) is 15.9 Å². The summed E-state index contributed by atoms with van der Waals surface area (Å²) in [5, 5.41) is 11.3. The van der Waals surface area contributed by atoms with Crippen molar-refractivity contribution in [2.75, 3.05) is 39.8 Å². The number of hydrogen-bond donors (Lipinski definition) is 0. The molecule has 10 nitrogen and oxygen atoms in total. The molecule has 1 amide bonds. The van der Waals surface area contributed by atoms with Crippen LogP contribution in [-0.2, 0) is 16.1 Å². The molecule has 33 heavy (non-hydrogen) atoms. The van der Waals surface area contributed by atoms with E-state index in [1.807, 2.05) is 43.3 Å². The normalized spacial score (nSPS) is 10.5. The molecule has 0 saturated carbocycles. The van der Waals surface area contributed by atoms with Crippen LogP contribution in [0.15, 0.2) is 36.4 Å². The van der Waals surface area contributed by atoms with Crippen LogP contribution in [0, 0.1) is 10.1 Å². The Bertz CT molecular complexity index is 1010. The molecule has 0 saturated heterocycles. The highest BCUT2D eigenvalue weighted by atomic mass is 19.3. The topological polar surface area (TPSA) is 111 Å². The fraction of sp³-hybridized carbons (Fsp3) is 0.333. The Morgan fingerprint density at radius 2 is 1.73 bits per heavy atom. The maximum absolute atomic E-state index is 12.5. The minimum Gasteiger partial charge on any atom is -0.493 e. The maximum Gasteiger partial charge on any atom is 0.387 e. The minimum absolute atomic E-state index is 0.248. The number of carbonyl (C=O) groups excluding carboxylic acids is 2. The summed E-state index contributed by atoms with van der Waals surface area (Å²) in [7, 11) is 6.42. The van der Waals surface area contributed by atoms with Crippen LogP contribution < -0.4 is 14.4 Å². The summed E-state index contributed by atoms with van der Waals surface area (Å²) < 4.78 is 39.1. The van der Waals surface area contributed by atoms with Crippen molar-refractivity contribution < 1.29 is 37.5 Å². The van der Waals surface area contributed by atoms with Gasteiger partial charge in [0.15, 0.2) is 18.1 Å². The number of halogens is 2. The smallest absolute Gasteiger partial charge is 0.387 e. The molecule has 178 valence electrons. The van der Waals surface area contributed by atoms with Gasteiger partial charge in [0.05, 0.1) is 18.1 Å². The summed E-state index contributed by atoms with van der Waals surface area (Å²) in [4.78, 5) is 38.4. The first-order valence-corrected chi connectivity index (χ1v) is 9.52. The summed E-state index contributed by atoms with van der Waals surface area (Å²) >= 11 is 0. The van der Waals surface area contributed by atoms with E-state index in [-0.39, 0.29) is 12.3 Å². The lowest BCUT2D eigenvalue weighted by Gasteiger charge is -2.18. The van der Waals surface area contributed by atoms with Crippen molar-refractivity contribution in [2.24, 2.45) is 0 Å². The lowest BCUT2D eigenvalue weighted by molar-refractivity contribution is -0.385. The van der Waals surface area contributed by atoms with Gasteiger partial charge in [-0.3, -0.25) is 14.9 Å². The predicted octanol–water partition coefficient (Wildman–Crippen LogP) is 3.09. The van der Waals surface area contributed by atoms with E-state index < -0.39 is 47.0 Å². The summed E-state index contributed by atoms with van der Waals surface area (Å²) in [5.74, 6) is -2.70. The molecule has 0 radical (unpaired) electrons. The predicted molar refractivity (Wildman–Crippen MR) is 114 cm³/mol. The van der Waals surface area contributed by atoms with E-state index in [9.17, 15) is 28.5 Å². The van der Waals surface area contributed by atoms with E-state index in [4.69, 9.17) is 9.47 Å². The lowest BCUT2D eigenvalue weighted by Crippen LogP contribution is -2.31. The van der Waals surface area contributed by atoms with Crippen LogP contribution in [0.5, 0.6) is 11.5 Å². The van der Waals surface area contributed by atoms with E-state index in [0.29, 0.717) is 6.07 Å². The Balaban J connectivity index is 2.09. The number of amides is 1. The molecule has 0 atom stereocenters. The third kappa shape index (κ3) is 6.76. The molecule has 0 N–H and O–H groups in total. The first kappa shape index (κ1) is 25.3. The van der Waals surface area contributed by atoms with Gasteiger partial charge in [-0.05, 0) is 17.7 Å². The number of alkyl halides is 2. The van der Waals surface area contributed by atoms with E-state index in [1.165, 1.54) is 11.9 Å². The van der Waals surface area contributed by atoms with E-state index in [2.05, 4.69) is 4.74 Å². The molecule has 2 aromatic carbocycles. The van der Waals surface area contributed by atoms with Crippen LogP contribution in [0.3, 0.4) is 0 Å². The van der Waals surface area contributed by atoms with Crippen molar-refractivity contribution in [2.45, 2.75) is 13.2 Å². The third-order valence-electron chi connectivity index (χ3n) is 4.54. The van der Waals surface area contributed by atoms with Crippen molar-refractivity contribution >= 4 is 23.3 Å². The molecule has 2 rings (SSSR count). The fourth-order valence-corrected chi connectivity index (χ4v) is 2.79. The number of nitro groups is 1. The molecular weight excluding hydrogens is 444 g/mol. The SMILES string of the molecule is COc1cc(C(=O)OCC(=O)N(C)Cc2ccc(N(C)C)cc2)c([N+](=O)[O-])cc1OC(F)F. The second-order valence-electron chi connectivity index (χ2n) is 7.04. The van der Waals surface area contributed by atoms with Gasteiger partial charge < -0.3 is 24.0 Å². The van der Waals surface area contributed by atoms with Crippen LogP contribution in [0.25, 0.3) is 0 Å². The van der Waals surface area contributed by atoms with Crippen molar-refractivity contribution in [1.82, 2.24) is 4.90 Å². The Hall–Kier alpha value is -3.96. The molecule has 0 unspecified atom stereocenters. The number of nitrogens with zero attached hydrogens (tertiary/aromatic N) is 3. The average Bonchev–Trinajstić information content (AvgIpc) is 2.76. The fourth-order valence-electron chi connectivity index (χ4n) is 2.79. The second kappa shape index (κ2) is 11.1. The molecule has 0 spiro atoms. The summed E-state index contributed by atoms with van der Waals surface area (Å²) in [6.45, 7) is -3.69. The number of rotatable bonds is 10. The number of nitro benzene ring substituents is 1. The van der Waals surface area contributed by atoms with Crippen LogP contribution in [0.2, 0.25) is 0 Å². The zero-order chi connectivity index (χ0) is 24.7. The van der Waals surface area contributed by atoms with E-state index in [1.54, 1.807) is 0 Å². The number of likely N-dealkylation sites (N-methyl/N-ethyl adjacent to an activating group) is 1. The maximum atomic E-state index is 12.5. The highest BCUT2D eigenvalue weighted by Crippen LogP contribution is 2.36. The Labute approximate surface area is 188 Å². The number of benzene rings is 2. The second-order valence-corrected chi connectivity index (χ2v) is 7.04. The Kier molecular flexibility index (Phi) is 8.49. The molecular formula is C21H23F2N3O7. The minimum atomic E-state index is -3.26. The summed E-state index contributed by atoms with van der Waals surface area (Å²) in [6.07, 6.45) is 0. The Morgan fingerprint density at radius 3 is 2.24 bits per heavy atom. The Morgan fingerprint density at radius 1 is 1.09 bits per heavy atom. The number of methoxy groups -OCH3 is 1. The van der Waals surface area contributed by atoms with Crippen molar-refractivity contribution in [3.63, 3.8) is 0 Å². The van der Waals surface area contributed by atoms with Crippen LogP contribution in [-0.4, -0.2) is 63.2 Å². The quantitative estimate of drug-likeness (QED) is 0.298. The van der Waals surface area contributed by atoms with Gasteiger partial charge in [-0.25, -0.2) is 4.79 Å². The lowest BCUT2D eigenvalue weighted by atomic mass is 10.1. The standard InChI is InChI=1S/C21H23F2N3O7/c1-24(2)14-7-5-13(6-8-14)11-25(3)19(27)12-32-20(28)15-9-17(31-4)18(33-21(22)23)10-16(15)26(29)30/h5-10,21H,11-12H2,1-4H3. The first-order chi connectivity index (χ1) is 15.5. The molecule has 2 aromatic rings. The van der Waals surface area contributed by atoms with Gasteiger partial charge in [-0.1, -0.05) is 12.1 Å². The molecule has 0 heterocycles. The number of carbonyl (C=O) groups is 2. The monoisotopic (exact) mass is 467 g/mol. The molecule has 0 bridgehead atoms. The van der Waals surface area contributed by atoms with Crippen molar-refractivity contribution in [3.05, 3.63) is 57.6 Å². The molecule has 12 heteroatoms. The average molecular weight is 467 g/mol. The molecule has 0 aliphatic carbocycles. The van der Waals surface area contributed by atoms with Crippen LogP contribution >= 0.6 is 0 Å². The molecule has 0 aromatic heterocycles. The van der Waals surface area contributed by atoms with Crippen molar-refractivity contribution in [3.8, 4) is 11.5 Å². The van der Waals surface area contributed by atoms with Gasteiger partial charge in [0, 0.05) is 39.4 Å². The zero-order valence-electron chi connectivity index (χ0n) is 18.4. The van der Waals surface area contributed by atoms with Gasteiger partial charge in [-0.2, -0.15) is 8.78 Å². The van der Waals surface area contributed by atoms with Crippen molar-refractivity contribution in [1.29, 1.82) is 0 Å². The van der Waals surface area contributed by atoms with Gasteiger partial charge in [0.1, 0.15) is 5.56 Å². The van der Waals surface area contributed by atoms with E-state index in [0.717, 1.165) is 24.4 Å². The van der Waals surface area contributed by atoms with Gasteiger partial charge in [0.2, 0.25) is 0 Å². The number of hydrogen-bond acceptors (Lipinski definition) is 8. The van der Waals surface area contributed by atoms with Gasteiger partial charge in [0.25, 0.3) is 11.6 Å².